The van der Waals surface area contributed by atoms with E-state index in [1.807, 2.05) is 48.8 Å². The zero-order chi connectivity index (χ0) is 15.5. The van der Waals surface area contributed by atoms with Crippen LogP contribution in [0.3, 0.4) is 0 Å². The summed E-state index contributed by atoms with van der Waals surface area (Å²) in [5.74, 6) is 0.842. The fraction of sp³-hybridized carbons (Fsp3) is 0.353. The lowest BCUT2D eigenvalue weighted by Gasteiger charge is -2.11. The Balaban J connectivity index is 1.77. The second-order valence-electron chi connectivity index (χ2n) is 4.83. The third-order valence-electron chi connectivity index (χ3n) is 3.11. The van der Waals surface area contributed by atoms with Crippen molar-refractivity contribution in [1.29, 1.82) is 0 Å². The van der Waals surface area contributed by atoms with Gasteiger partial charge in [-0.05, 0) is 31.2 Å². The molecule has 0 saturated carbocycles. The Morgan fingerprint density at radius 3 is 2.23 bits per heavy atom. The van der Waals surface area contributed by atoms with Gasteiger partial charge in [0.15, 0.2) is 5.96 Å². The zero-order valence-electron chi connectivity index (χ0n) is 13.0. The van der Waals surface area contributed by atoms with Crippen LogP contribution in [0, 0.1) is 0 Å². The van der Waals surface area contributed by atoms with Crippen molar-refractivity contribution < 1.29 is 0 Å². The molecule has 2 aromatic rings. The molecule has 0 radical (unpaired) electrons. The van der Waals surface area contributed by atoms with Gasteiger partial charge in [-0.1, -0.05) is 12.1 Å². The maximum Gasteiger partial charge on any atom is 0.191 e. The summed E-state index contributed by atoms with van der Waals surface area (Å²) in [4.78, 5) is 13.2. The topological polar surface area (TPSA) is 62.2 Å². The van der Waals surface area contributed by atoms with Gasteiger partial charge < -0.3 is 10.6 Å². The molecule has 0 fully saturated rings. The molecule has 0 aliphatic rings. The monoisotopic (exact) mass is 297 g/mol. The highest BCUT2D eigenvalue weighted by molar-refractivity contribution is 5.79. The van der Waals surface area contributed by atoms with E-state index in [1.54, 1.807) is 0 Å². The largest absolute Gasteiger partial charge is 0.357 e. The second kappa shape index (κ2) is 9.50. The van der Waals surface area contributed by atoms with Gasteiger partial charge in [0, 0.05) is 56.3 Å². The number of aliphatic imine (C=N–C) groups is 1. The van der Waals surface area contributed by atoms with Crippen molar-refractivity contribution >= 4 is 5.96 Å². The van der Waals surface area contributed by atoms with E-state index < -0.39 is 0 Å². The first-order valence-corrected chi connectivity index (χ1v) is 7.70. The van der Waals surface area contributed by atoms with Crippen LogP contribution in [0.15, 0.2) is 53.8 Å². The van der Waals surface area contributed by atoms with E-state index in [-0.39, 0.29) is 0 Å². The number of hydrogen-bond donors (Lipinski definition) is 2. The fourth-order valence-electron chi connectivity index (χ4n) is 2.02. The Hall–Kier alpha value is -2.43. The number of nitrogens with zero attached hydrogens (tertiary/aromatic N) is 3. The summed E-state index contributed by atoms with van der Waals surface area (Å²) in [6.07, 6.45) is 5.36. The van der Waals surface area contributed by atoms with Crippen LogP contribution >= 0.6 is 0 Å². The lowest BCUT2D eigenvalue weighted by molar-refractivity contribution is 0.784. The Morgan fingerprint density at radius 2 is 1.64 bits per heavy atom. The average Bonchev–Trinajstić information content (AvgIpc) is 2.57. The van der Waals surface area contributed by atoms with Crippen molar-refractivity contribution in [3.05, 3.63) is 60.2 Å². The van der Waals surface area contributed by atoms with Gasteiger partial charge in [-0.25, -0.2) is 0 Å². The van der Waals surface area contributed by atoms with Gasteiger partial charge in [0.05, 0.1) is 0 Å². The van der Waals surface area contributed by atoms with Gasteiger partial charge >= 0.3 is 0 Å². The molecule has 0 aliphatic carbocycles. The fourth-order valence-corrected chi connectivity index (χ4v) is 2.02. The van der Waals surface area contributed by atoms with Crippen LogP contribution in [0.25, 0.3) is 0 Å². The smallest absolute Gasteiger partial charge is 0.191 e. The molecule has 2 rings (SSSR count). The van der Waals surface area contributed by atoms with E-state index in [0.717, 1.165) is 49.8 Å². The number of nitrogens with one attached hydrogen (secondary N) is 2. The summed E-state index contributed by atoms with van der Waals surface area (Å²) < 4.78 is 0. The molecular formula is C17H23N5. The Bertz CT molecular complexity index is 554. The zero-order valence-corrected chi connectivity index (χ0v) is 13.0. The van der Waals surface area contributed by atoms with Gasteiger partial charge in [0.2, 0.25) is 0 Å². The normalized spacial score (nSPS) is 11.2. The molecule has 0 amide bonds. The van der Waals surface area contributed by atoms with Gasteiger partial charge in [-0.15, -0.1) is 0 Å². The lowest BCUT2D eigenvalue weighted by Crippen LogP contribution is -2.38. The molecule has 116 valence electrons. The van der Waals surface area contributed by atoms with E-state index in [9.17, 15) is 0 Å². The molecule has 0 spiro atoms. The van der Waals surface area contributed by atoms with Crippen LogP contribution in [0.4, 0.5) is 0 Å². The summed E-state index contributed by atoms with van der Waals surface area (Å²) in [7, 11) is 0. The summed E-state index contributed by atoms with van der Waals surface area (Å²) in [6, 6.07) is 11.9. The highest BCUT2D eigenvalue weighted by atomic mass is 15.2. The van der Waals surface area contributed by atoms with Gasteiger partial charge in [0.1, 0.15) is 0 Å². The summed E-state index contributed by atoms with van der Waals surface area (Å²) in [6.45, 7) is 4.44. The SMILES string of the molecule is CCNC(=NCCc1ccccn1)NCCc1ccccn1. The molecule has 2 N–H and O–H groups in total. The van der Waals surface area contributed by atoms with Crippen molar-refractivity contribution in [2.45, 2.75) is 19.8 Å². The van der Waals surface area contributed by atoms with Gasteiger partial charge in [-0.2, -0.15) is 0 Å². The summed E-state index contributed by atoms with van der Waals surface area (Å²) in [5.41, 5.74) is 2.15. The van der Waals surface area contributed by atoms with Crippen LogP contribution in [0.1, 0.15) is 18.3 Å². The van der Waals surface area contributed by atoms with E-state index in [4.69, 9.17) is 0 Å². The Morgan fingerprint density at radius 1 is 0.955 bits per heavy atom. The van der Waals surface area contributed by atoms with E-state index >= 15 is 0 Å². The number of hydrogen-bond acceptors (Lipinski definition) is 3. The van der Waals surface area contributed by atoms with Crippen LogP contribution in [0.2, 0.25) is 0 Å². The van der Waals surface area contributed by atoms with E-state index in [1.165, 1.54) is 0 Å². The Kier molecular flexibility index (Phi) is 6.88. The van der Waals surface area contributed by atoms with Crippen molar-refractivity contribution in [3.8, 4) is 0 Å². The lowest BCUT2D eigenvalue weighted by atomic mass is 10.3. The molecule has 0 atom stereocenters. The van der Waals surface area contributed by atoms with Gasteiger partial charge in [0.25, 0.3) is 0 Å². The molecule has 0 aromatic carbocycles. The minimum Gasteiger partial charge on any atom is -0.357 e. The molecule has 0 saturated heterocycles. The average molecular weight is 297 g/mol. The summed E-state index contributed by atoms with van der Waals surface area (Å²) in [5, 5.41) is 6.59. The number of rotatable bonds is 7. The van der Waals surface area contributed by atoms with E-state index in [0.29, 0.717) is 0 Å². The molecular weight excluding hydrogens is 274 g/mol. The molecule has 2 heterocycles. The minimum atomic E-state index is 0.718. The van der Waals surface area contributed by atoms with Crippen molar-refractivity contribution in [1.82, 2.24) is 20.6 Å². The first-order valence-electron chi connectivity index (χ1n) is 7.70. The predicted octanol–water partition coefficient (Wildman–Crippen LogP) is 1.82. The van der Waals surface area contributed by atoms with Crippen LogP contribution < -0.4 is 10.6 Å². The third-order valence-corrected chi connectivity index (χ3v) is 3.11. The van der Waals surface area contributed by atoms with Crippen LogP contribution in [-0.4, -0.2) is 35.6 Å². The third kappa shape index (κ3) is 5.91. The first kappa shape index (κ1) is 15.9. The molecule has 22 heavy (non-hydrogen) atoms. The van der Waals surface area contributed by atoms with Crippen molar-refractivity contribution in [2.75, 3.05) is 19.6 Å². The maximum absolute atomic E-state index is 4.57. The Labute approximate surface area is 131 Å². The molecule has 0 bridgehead atoms. The van der Waals surface area contributed by atoms with Crippen LogP contribution in [-0.2, 0) is 12.8 Å². The van der Waals surface area contributed by atoms with Crippen molar-refractivity contribution in [3.63, 3.8) is 0 Å². The first-order chi connectivity index (χ1) is 10.9. The molecule has 5 nitrogen and oxygen atoms in total. The van der Waals surface area contributed by atoms with Crippen LogP contribution in [0.5, 0.6) is 0 Å². The highest BCUT2D eigenvalue weighted by Gasteiger charge is 1.98. The highest BCUT2D eigenvalue weighted by Crippen LogP contribution is 1.95. The molecule has 5 heteroatoms. The second-order valence-corrected chi connectivity index (χ2v) is 4.83. The van der Waals surface area contributed by atoms with Crippen molar-refractivity contribution in [2.24, 2.45) is 4.99 Å². The number of pyridine rings is 2. The molecule has 2 aromatic heterocycles. The quantitative estimate of drug-likeness (QED) is 0.604. The molecule has 0 unspecified atom stereocenters. The number of guanidine groups is 1. The maximum atomic E-state index is 4.57. The summed E-state index contributed by atoms with van der Waals surface area (Å²) >= 11 is 0. The number of aromatic nitrogens is 2. The minimum absolute atomic E-state index is 0.718. The predicted molar refractivity (Wildman–Crippen MR) is 89.9 cm³/mol. The standard InChI is InChI=1S/C17H23N5/c1-2-18-17(21-13-9-15-7-3-5-11-19-15)22-14-10-16-8-4-6-12-20-16/h3-8,11-12H,2,9-10,13-14H2,1H3,(H2,18,21,22). The van der Waals surface area contributed by atoms with Gasteiger partial charge in [-0.3, -0.25) is 15.0 Å². The van der Waals surface area contributed by atoms with E-state index in [2.05, 4.69) is 32.5 Å². The molecule has 0 aliphatic heterocycles.